The SMILES string of the molecule is CSC(C(N)C(=O)CC(O)C1(c2ccccc2)CC(C)(C)C1)S(C)=O. The van der Waals surface area contributed by atoms with Gasteiger partial charge in [-0.2, -0.15) is 0 Å². The van der Waals surface area contributed by atoms with Gasteiger partial charge in [-0.05, 0) is 30.1 Å². The van der Waals surface area contributed by atoms with E-state index in [1.165, 1.54) is 11.8 Å². The summed E-state index contributed by atoms with van der Waals surface area (Å²) in [4.78, 5) is 12.6. The van der Waals surface area contributed by atoms with E-state index in [4.69, 9.17) is 5.73 Å². The van der Waals surface area contributed by atoms with Gasteiger partial charge in [0, 0.05) is 28.9 Å². The minimum atomic E-state index is -1.19. The van der Waals surface area contributed by atoms with Crippen LogP contribution in [0.5, 0.6) is 0 Å². The Morgan fingerprint density at radius 2 is 1.88 bits per heavy atom. The standard InChI is InChI=1S/C19H29NO3S2/c1-18(2)11-19(12-18,13-8-6-5-7-9-13)15(22)10-14(21)16(20)17(24-3)25(4)23/h5-9,15-17,22H,10-12,20H2,1-4H3. The van der Waals surface area contributed by atoms with Crippen molar-refractivity contribution < 1.29 is 14.1 Å². The normalized spacial score (nSPS) is 23.1. The maximum absolute atomic E-state index is 12.6. The van der Waals surface area contributed by atoms with Crippen LogP contribution in [-0.4, -0.2) is 44.3 Å². The number of rotatable bonds is 8. The predicted octanol–water partition coefficient (Wildman–Crippen LogP) is 2.46. The number of nitrogens with two attached hydrogens (primary N) is 1. The summed E-state index contributed by atoms with van der Waals surface area (Å²) in [5, 5.41) is 11.0. The zero-order chi connectivity index (χ0) is 18.8. The number of Topliss-reactive ketones (excluding diaryl/α,β-unsaturated/α-hetero) is 1. The second kappa shape index (κ2) is 7.91. The Morgan fingerprint density at radius 1 is 1.32 bits per heavy atom. The number of benzene rings is 1. The van der Waals surface area contributed by atoms with E-state index in [0.717, 1.165) is 18.4 Å². The van der Waals surface area contributed by atoms with E-state index in [0.29, 0.717) is 0 Å². The lowest BCUT2D eigenvalue weighted by Crippen LogP contribution is -2.55. The number of aliphatic hydroxyl groups excluding tert-OH is 1. The number of thioether (sulfide) groups is 1. The van der Waals surface area contributed by atoms with Crippen molar-refractivity contribution in [3.63, 3.8) is 0 Å². The molecule has 3 N–H and O–H groups in total. The highest BCUT2D eigenvalue weighted by atomic mass is 32.2. The van der Waals surface area contributed by atoms with E-state index in [1.807, 2.05) is 30.3 Å². The summed E-state index contributed by atoms with van der Waals surface area (Å²) in [5.41, 5.74) is 6.86. The van der Waals surface area contributed by atoms with Crippen molar-refractivity contribution in [1.29, 1.82) is 0 Å². The first-order valence-electron chi connectivity index (χ1n) is 8.50. The maximum Gasteiger partial charge on any atom is 0.154 e. The van der Waals surface area contributed by atoms with Gasteiger partial charge in [0.05, 0.1) is 12.1 Å². The van der Waals surface area contributed by atoms with Crippen LogP contribution in [0.2, 0.25) is 0 Å². The third kappa shape index (κ3) is 4.35. The molecule has 0 aromatic heterocycles. The Balaban J connectivity index is 2.17. The molecule has 4 nitrogen and oxygen atoms in total. The summed E-state index contributed by atoms with van der Waals surface area (Å²) in [6.45, 7) is 4.36. The molecule has 0 saturated heterocycles. The summed E-state index contributed by atoms with van der Waals surface area (Å²) < 4.78 is 11.3. The fourth-order valence-corrected chi connectivity index (χ4v) is 6.31. The summed E-state index contributed by atoms with van der Waals surface area (Å²) in [6, 6.07) is 9.10. The molecule has 1 aromatic carbocycles. The maximum atomic E-state index is 12.6. The van der Waals surface area contributed by atoms with Gasteiger partial charge in [0.2, 0.25) is 0 Å². The molecule has 1 saturated carbocycles. The monoisotopic (exact) mass is 383 g/mol. The van der Waals surface area contributed by atoms with Gasteiger partial charge in [-0.3, -0.25) is 9.00 Å². The highest BCUT2D eigenvalue weighted by Gasteiger charge is 2.54. The van der Waals surface area contributed by atoms with Gasteiger partial charge < -0.3 is 10.8 Å². The molecule has 0 aliphatic heterocycles. The van der Waals surface area contributed by atoms with Crippen molar-refractivity contribution in [2.24, 2.45) is 11.1 Å². The van der Waals surface area contributed by atoms with Gasteiger partial charge >= 0.3 is 0 Å². The molecule has 25 heavy (non-hydrogen) atoms. The van der Waals surface area contributed by atoms with Gasteiger partial charge in [-0.1, -0.05) is 44.2 Å². The fourth-order valence-electron chi connectivity index (χ4n) is 4.22. The van der Waals surface area contributed by atoms with Crippen LogP contribution in [0.4, 0.5) is 0 Å². The van der Waals surface area contributed by atoms with Gasteiger partial charge in [0.15, 0.2) is 5.78 Å². The number of carbonyl (C=O) groups is 1. The van der Waals surface area contributed by atoms with Crippen LogP contribution in [-0.2, 0) is 21.0 Å². The van der Waals surface area contributed by atoms with Crippen LogP contribution in [0.15, 0.2) is 30.3 Å². The first-order valence-corrected chi connectivity index (χ1v) is 11.4. The summed E-state index contributed by atoms with van der Waals surface area (Å²) in [5.74, 6) is -0.220. The quantitative estimate of drug-likeness (QED) is 0.721. The first kappa shape index (κ1) is 20.6. The number of hydrogen-bond donors (Lipinski definition) is 2. The Morgan fingerprint density at radius 3 is 2.32 bits per heavy atom. The highest BCUT2D eigenvalue weighted by Crippen LogP contribution is 2.57. The van der Waals surface area contributed by atoms with E-state index in [-0.39, 0.29) is 17.6 Å². The van der Waals surface area contributed by atoms with Crippen molar-refractivity contribution in [3.05, 3.63) is 35.9 Å². The zero-order valence-corrected chi connectivity index (χ0v) is 17.0. The van der Waals surface area contributed by atoms with Crippen LogP contribution >= 0.6 is 11.8 Å². The smallest absolute Gasteiger partial charge is 0.154 e. The van der Waals surface area contributed by atoms with Crippen molar-refractivity contribution in [2.45, 2.75) is 55.3 Å². The Kier molecular flexibility index (Phi) is 6.52. The third-order valence-electron chi connectivity index (χ3n) is 5.19. The molecule has 6 heteroatoms. The minimum absolute atomic E-state index is 0.000398. The van der Waals surface area contributed by atoms with Gasteiger partial charge in [0.25, 0.3) is 0 Å². The lowest BCUT2D eigenvalue weighted by molar-refractivity contribution is -0.126. The van der Waals surface area contributed by atoms with E-state index in [1.54, 1.807) is 12.5 Å². The molecular weight excluding hydrogens is 354 g/mol. The fraction of sp³-hybridized carbons (Fsp3) is 0.632. The van der Waals surface area contributed by atoms with E-state index in [2.05, 4.69) is 13.8 Å². The molecule has 4 unspecified atom stereocenters. The van der Waals surface area contributed by atoms with Crippen molar-refractivity contribution in [2.75, 3.05) is 12.5 Å². The molecule has 0 bridgehead atoms. The predicted molar refractivity (Wildman–Crippen MR) is 106 cm³/mol. The van der Waals surface area contributed by atoms with Gasteiger partial charge in [-0.25, -0.2) is 0 Å². The molecule has 0 amide bonds. The van der Waals surface area contributed by atoms with Crippen molar-refractivity contribution in [3.8, 4) is 0 Å². The first-order chi connectivity index (χ1) is 11.6. The topological polar surface area (TPSA) is 80.4 Å². The second-order valence-corrected chi connectivity index (χ2v) is 10.6. The van der Waals surface area contributed by atoms with E-state index >= 15 is 0 Å². The van der Waals surface area contributed by atoms with Crippen LogP contribution in [0.25, 0.3) is 0 Å². The van der Waals surface area contributed by atoms with Crippen LogP contribution in [0.1, 0.15) is 38.7 Å². The summed E-state index contributed by atoms with van der Waals surface area (Å²) in [6.07, 6.45) is 4.24. The average molecular weight is 384 g/mol. The molecule has 0 radical (unpaired) electrons. The number of hydrogen-bond acceptors (Lipinski definition) is 5. The number of carbonyl (C=O) groups excluding carboxylic acids is 1. The average Bonchev–Trinajstić information content (AvgIpc) is 2.52. The Hall–Kier alpha value is -0.690. The Bertz CT molecular complexity index is 625. The summed E-state index contributed by atoms with van der Waals surface area (Å²) in [7, 11) is -1.19. The molecule has 1 fully saturated rings. The van der Waals surface area contributed by atoms with Crippen molar-refractivity contribution >= 4 is 28.3 Å². The van der Waals surface area contributed by atoms with Gasteiger partial charge in [-0.15, -0.1) is 11.8 Å². The van der Waals surface area contributed by atoms with Crippen LogP contribution in [0.3, 0.4) is 0 Å². The molecule has 1 aromatic rings. The molecule has 4 atom stereocenters. The van der Waals surface area contributed by atoms with Crippen LogP contribution in [0, 0.1) is 5.41 Å². The molecule has 140 valence electrons. The highest BCUT2D eigenvalue weighted by molar-refractivity contribution is 8.10. The molecule has 1 aliphatic rings. The number of ketones is 1. The lowest BCUT2D eigenvalue weighted by Gasteiger charge is -2.56. The molecule has 1 aliphatic carbocycles. The Labute approximate surface area is 157 Å². The molecule has 0 heterocycles. The van der Waals surface area contributed by atoms with E-state index in [9.17, 15) is 14.1 Å². The van der Waals surface area contributed by atoms with E-state index < -0.39 is 32.9 Å². The second-order valence-electron chi connectivity index (χ2n) is 7.85. The summed E-state index contributed by atoms with van der Waals surface area (Å²) >= 11 is 1.34. The number of aliphatic hydroxyl groups is 1. The van der Waals surface area contributed by atoms with Crippen molar-refractivity contribution in [1.82, 2.24) is 0 Å². The molecular formula is C19H29NO3S2. The zero-order valence-electron chi connectivity index (χ0n) is 15.4. The molecule has 2 rings (SSSR count). The lowest BCUT2D eigenvalue weighted by atomic mass is 9.49. The minimum Gasteiger partial charge on any atom is -0.392 e. The third-order valence-corrected chi connectivity index (χ3v) is 8.29. The van der Waals surface area contributed by atoms with Crippen LogP contribution < -0.4 is 5.73 Å². The van der Waals surface area contributed by atoms with Gasteiger partial charge in [0.1, 0.15) is 4.58 Å². The molecule has 0 spiro atoms. The largest absolute Gasteiger partial charge is 0.392 e.